The highest BCUT2D eigenvalue weighted by Gasteiger charge is 2.34. The van der Waals surface area contributed by atoms with Gasteiger partial charge in [0.25, 0.3) is 0 Å². The Morgan fingerprint density at radius 3 is 2.30 bits per heavy atom. The lowest BCUT2D eigenvalue weighted by Gasteiger charge is -2.31. The summed E-state index contributed by atoms with van der Waals surface area (Å²) in [5, 5.41) is 21.5. The van der Waals surface area contributed by atoms with Crippen molar-refractivity contribution in [1.82, 2.24) is 0 Å². The molecule has 1 atom stereocenters. The highest BCUT2D eigenvalue weighted by Crippen LogP contribution is 2.40. The van der Waals surface area contributed by atoms with E-state index in [0.717, 1.165) is 24.0 Å². The Bertz CT molecular complexity index is 543. The summed E-state index contributed by atoms with van der Waals surface area (Å²) in [6, 6.07) is 15.0. The minimum absolute atomic E-state index is 0.160. The number of rotatable bonds is 5. The molecule has 0 spiro atoms. The van der Waals surface area contributed by atoms with Gasteiger partial charge in [0.15, 0.2) is 0 Å². The summed E-state index contributed by atoms with van der Waals surface area (Å²) in [4.78, 5) is 0. The first-order chi connectivity index (χ1) is 9.59. The highest BCUT2D eigenvalue weighted by atomic mass is 16.3. The second-order valence-electron chi connectivity index (χ2n) is 5.30. The van der Waals surface area contributed by atoms with Crippen molar-refractivity contribution >= 4 is 0 Å². The number of unbranched alkanes of at least 4 members (excludes halogenated alkanes) is 1. The maximum absolute atomic E-state index is 11.3. The average molecular weight is 270 g/mol. The van der Waals surface area contributed by atoms with E-state index < -0.39 is 5.60 Å². The molecule has 1 unspecified atom stereocenters. The van der Waals surface area contributed by atoms with Crippen molar-refractivity contribution in [3.05, 3.63) is 65.2 Å². The fraction of sp³-hybridized carbons (Fsp3) is 0.333. The summed E-state index contributed by atoms with van der Waals surface area (Å²) >= 11 is 0. The molecule has 0 saturated carbocycles. The third kappa shape index (κ3) is 2.70. The predicted octanol–water partition coefficient (Wildman–Crippen LogP) is 4.13. The molecule has 0 aliphatic heterocycles. The summed E-state index contributed by atoms with van der Waals surface area (Å²) in [5.41, 5.74) is 1.23. The molecule has 0 heterocycles. The van der Waals surface area contributed by atoms with Crippen LogP contribution in [0.1, 0.15) is 42.9 Å². The smallest absolute Gasteiger partial charge is 0.122 e. The van der Waals surface area contributed by atoms with Crippen LogP contribution in [0.3, 0.4) is 0 Å². The average Bonchev–Trinajstić information content (AvgIpc) is 2.46. The van der Waals surface area contributed by atoms with E-state index in [2.05, 4.69) is 6.92 Å². The van der Waals surface area contributed by atoms with Crippen LogP contribution >= 0.6 is 0 Å². The van der Waals surface area contributed by atoms with E-state index in [-0.39, 0.29) is 5.75 Å². The lowest BCUT2D eigenvalue weighted by Crippen LogP contribution is -2.28. The largest absolute Gasteiger partial charge is 0.508 e. The van der Waals surface area contributed by atoms with Gasteiger partial charge < -0.3 is 10.2 Å². The first-order valence-electron chi connectivity index (χ1n) is 7.16. The third-order valence-corrected chi connectivity index (χ3v) is 3.81. The number of phenolic OH excluding ortho intramolecular Hbond substituents is 1. The fourth-order valence-corrected chi connectivity index (χ4v) is 2.75. The number of hydrogen-bond acceptors (Lipinski definition) is 2. The van der Waals surface area contributed by atoms with Gasteiger partial charge in [0, 0.05) is 5.56 Å². The number of aryl methyl sites for hydroxylation is 1. The summed E-state index contributed by atoms with van der Waals surface area (Å²) in [6.07, 6.45) is 2.51. The first kappa shape index (κ1) is 14.6. The predicted molar refractivity (Wildman–Crippen MR) is 81.8 cm³/mol. The van der Waals surface area contributed by atoms with E-state index in [4.69, 9.17) is 0 Å². The molecule has 20 heavy (non-hydrogen) atoms. The van der Waals surface area contributed by atoms with Crippen LogP contribution in [0.5, 0.6) is 5.75 Å². The van der Waals surface area contributed by atoms with Crippen molar-refractivity contribution in [2.75, 3.05) is 0 Å². The monoisotopic (exact) mass is 270 g/mol. The zero-order chi connectivity index (χ0) is 14.6. The van der Waals surface area contributed by atoms with Crippen LogP contribution in [0.2, 0.25) is 0 Å². The van der Waals surface area contributed by atoms with Crippen LogP contribution in [0.4, 0.5) is 0 Å². The summed E-state index contributed by atoms with van der Waals surface area (Å²) < 4.78 is 0. The molecule has 0 aliphatic rings. The maximum Gasteiger partial charge on any atom is 0.122 e. The summed E-state index contributed by atoms with van der Waals surface area (Å²) in [5.74, 6) is 0.160. The molecule has 2 aromatic carbocycles. The molecule has 0 radical (unpaired) electrons. The lowest BCUT2D eigenvalue weighted by molar-refractivity contribution is 0.0652. The molecular weight excluding hydrogens is 248 g/mol. The van der Waals surface area contributed by atoms with E-state index in [0.29, 0.717) is 12.0 Å². The van der Waals surface area contributed by atoms with Gasteiger partial charge in [0.2, 0.25) is 0 Å². The van der Waals surface area contributed by atoms with Crippen molar-refractivity contribution in [2.45, 2.75) is 38.7 Å². The number of aromatic hydroxyl groups is 1. The Balaban J connectivity index is 2.58. The van der Waals surface area contributed by atoms with Crippen molar-refractivity contribution in [1.29, 1.82) is 0 Å². The molecule has 0 saturated heterocycles. The van der Waals surface area contributed by atoms with Crippen LogP contribution in [0.25, 0.3) is 0 Å². The Hall–Kier alpha value is -1.80. The molecule has 0 aromatic heterocycles. The Labute approximate surface area is 120 Å². The van der Waals surface area contributed by atoms with Crippen LogP contribution in [0, 0.1) is 6.92 Å². The second kappa shape index (κ2) is 6.10. The van der Waals surface area contributed by atoms with Crippen LogP contribution in [0.15, 0.2) is 48.5 Å². The van der Waals surface area contributed by atoms with Gasteiger partial charge in [-0.1, -0.05) is 62.2 Å². The molecule has 0 aliphatic carbocycles. The van der Waals surface area contributed by atoms with Crippen LogP contribution in [-0.4, -0.2) is 10.2 Å². The third-order valence-electron chi connectivity index (χ3n) is 3.81. The Kier molecular flexibility index (Phi) is 4.46. The first-order valence-corrected chi connectivity index (χ1v) is 7.16. The minimum atomic E-state index is -1.13. The molecule has 2 nitrogen and oxygen atoms in total. The highest BCUT2D eigenvalue weighted by molar-refractivity contribution is 5.48. The lowest BCUT2D eigenvalue weighted by atomic mass is 9.80. The van der Waals surface area contributed by atoms with E-state index in [1.54, 1.807) is 12.1 Å². The second-order valence-corrected chi connectivity index (χ2v) is 5.30. The van der Waals surface area contributed by atoms with Gasteiger partial charge in [-0.2, -0.15) is 0 Å². The Morgan fingerprint density at radius 1 is 1.00 bits per heavy atom. The SMILES string of the molecule is CCCCC(O)(c1ccccc1)c1c(C)cccc1O. The van der Waals surface area contributed by atoms with E-state index in [9.17, 15) is 10.2 Å². The number of benzene rings is 2. The number of aliphatic hydroxyl groups is 1. The zero-order valence-electron chi connectivity index (χ0n) is 12.1. The van der Waals surface area contributed by atoms with Crippen molar-refractivity contribution in [3.63, 3.8) is 0 Å². The van der Waals surface area contributed by atoms with Crippen LogP contribution < -0.4 is 0 Å². The molecular formula is C18H22O2. The summed E-state index contributed by atoms with van der Waals surface area (Å²) in [6.45, 7) is 4.03. The van der Waals surface area contributed by atoms with Crippen molar-refractivity contribution < 1.29 is 10.2 Å². The van der Waals surface area contributed by atoms with Gasteiger partial charge in [0.05, 0.1) is 0 Å². The molecule has 2 aromatic rings. The van der Waals surface area contributed by atoms with E-state index >= 15 is 0 Å². The quantitative estimate of drug-likeness (QED) is 0.857. The molecule has 106 valence electrons. The Morgan fingerprint density at radius 2 is 1.70 bits per heavy atom. The van der Waals surface area contributed by atoms with Gasteiger partial charge in [-0.15, -0.1) is 0 Å². The molecule has 0 amide bonds. The van der Waals surface area contributed by atoms with Gasteiger partial charge in [0.1, 0.15) is 11.4 Å². The molecule has 2 N–H and O–H groups in total. The topological polar surface area (TPSA) is 40.5 Å². The number of phenols is 1. The molecule has 2 rings (SSSR count). The van der Waals surface area contributed by atoms with E-state index in [1.165, 1.54) is 0 Å². The van der Waals surface area contributed by atoms with E-state index in [1.807, 2.05) is 43.3 Å². The minimum Gasteiger partial charge on any atom is -0.508 e. The van der Waals surface area contributed by atoms with Gasteiger partial charge in [-0.25, -0.2) is 0 Å². The molecule has 0 fully saturated rings. The van der Waals surface area contributed by atoms with Crippen LogP contribution in [-0.2, 0) is 5.60 Å². The zero-order valence-corrected chi connectivity index (χ0v) is 12.1. The van der Waals surface area contributed by atoms with Gasteiger partial charge in [-0.05, 0) is 30.5 Å². The molecule has 2 heteroatoms. The summed E-state index contributed by atoms with van der Waals surface area (Å²) in [7, 11) is 0. The van der Waals surface area contributed by atoms with Crippen molar-refractivity contribution in [2.24, 2.45) is 0 Å². The fourth-order valence-electron chi connectivity index (χ4n) is 2.75. The maximum atomic E-state index is 11.3. The van der Waals surface area contributed by atoms with Gasteiger partial charge in [-0.3, -0.25) is 0 Å². The normalized spacial score (nSPS) is 13.9. The standard InChI is InChI=1S/C18H22O2/c1-3-4-13-18(20,15-10-6-5-7-11-15)17-14(2)9-8-12-16(17)19/h5-12,19-20H,3-4,13H2,1-2H3. The van der Waals surface area contributed by atoms with Gasteiger partial charge >= 0.3 is 0 Å². The van der Waals surface area contributed by atoms with Crippen molar-refractivity contribution in [3.8, 4) is 5.75 Å². The molecule has 0 bridgehead atoms. The number of hydrogen-bond donors (Lipinski definition) is 2.